The van der Waals surface area contributed by atoms with Crippen LogP contribution < -0.4 is 16.4 Å². The van der Waals surface area contributed by atoms with E-state index in [0.29, 0.717) is 0 Å². The van der Waals surface area contributed by atoms with E-state index in [1.165, 1.54) is 0 Å². The van der Waals surface area contributed by atoms with Crippen molar-refractivity contribution >= 4 is 6.16 Å². The fourth-order valence-corrected chi connectivity index (χ4v) is 0. The van der Waals surface area contributed by atoms with Gasteiger partial charge in [-0.1, -0.05) is 0 Å². The molecule has 0 fully saturated rings. The monoisotopic (exact) mass is 150 g/mol. The molecule has 0 radical (unpaired) electrons. The topological polar surface area (TPSA) is 226 Å². The van der Waals surface area contributed by atoms with Gasteiger partial charge in [0.1, 0.15) is 0 Å². The molecule has 8 heteroatoms. The molecule has 0 spiro atoms. The summed E-state index contributed by atoms with van der Waals surface area (Å²) >= 11 is 0. The summed E-state index contributed by atoms with van der Waals surface area (Å²) in [5.74, 6) is 0. The Hall–Kier alpha value is -0.930. The molecule has 0 aromatic rings. The highest BCUT2D eigenvalue weighted by Crippen LogP contribution is 1.21. The summed E-state index contributed by atoms with van der Waals surface area (Å²) in [6.07, 6.45) is -2.33. The lowest BCUT2D eigenvalue weighted by Crippen LogP contribution is -2.37. The minimum absolute atomic E-state index is 0. The van der Waals surface area contributed by atoms with Crippen LogP contribution in [0.5, 0.6) is 0 Å². The van der Waals surface area contributed by atoms with E-state index in [0.717, 1.165) is 0 Å². The van der Waals surface area contributed by atoms with Crippen LogP contribution in [0.2, 0.25) is 0 Å². The van der Waals surface area contributed by atoms with E-state index in [1.807, 2.05) is 0 Å². The number of carbonyl (C=O) groups is 1. The number of hydrogen-bond donors (Lipinski definition) is 1. The van der Waals surface area contributed by atoms with Crippen molar-refractivity contribution in [2.75, 3.05) is 0 Å². The van der Waals surface area contributed by atoms with Crippen molar-refractivity contribution in [3.05, 3.63) is 0 Å². The molecule has 0 saturated heterocycles. The zero-order chi connectivity index (χ0) is 3.58. The van der Waals surface area contributed by atoms with E-state index in [4.69, 9.17) is 15.0 Å². The third kappa shape index (κ3) is 210. The lowest BCUT2D eigenvalue weighted by atomic mass is 11.5. The first-order valence-corrected chi connectivity index (χ1v) is 0.612. The Morgan fingerprint density at radius 1 is 0.889 bits per heavy atom. The van der Waals surface area contributed by atoms with Crippen LogP contribution in [0.4, 0.5) is 4.79 Å². The molecular formula is CH12NO7-. The summed E-state index contributed by atoms with van der Waals surface area (Å²) < 4.78 is 0. The molecule has 8 nitrogen and oxygen atoms in total. The molecule has 9 heavy (non-hydrogen) atoms. The molecule has 0 bridgehead atoms. The molecule has 0 aliphatic heterocycles. The SMILES string of the molecule is O.O.O.O.O=C([O-])[O-].[NH4+]. The molecule has 0 atom stereocenters. The van der Waals surface area contributed by atoms with Gasteiger partial charge in [0, 0.05) is 0 Å². The zero-order valence-electron chi connectivity index (χ0n) is 4.72. The minimum atomic E-state index is -2.33. The van der Waals surface area contributed by atoms with Crippen LogP contribution in [0.15, 0.2) is 0 Å². The standard InChI is InChI=1S/CH2O3.H3N.4H2O/c2-1(3)4;;;;;/h(H2,2,3,4);1H3;4*1H2/p-1. The van der Waals surface area contributed by atoms with Crippen LogP contribution in [0, 0.1) is 0 Å². The van der Waals surface area contributed by atoms with Crippen molar-refractivity contribution in [3.8, 4) is 0 Å². The van der Waals surface area contributed by atoms with Crippen molar-refractivity contribution in [2.24, 2.45) is 0 Å². The number of hydrogen-bond acceptors (Lipinski definition) is 3. The van der Waals surface area contributed by atoms with Crippen LogP contribution >= 0.6 is 0 Å². The third-order valence-electron chi connectivity index (χ3n) is 0. The quantitative estimate of drug-likeness (QED) is 0.356. The Bertz CT molecular complexity index is 31.9. The maximum absolute atomic E-state index is 8.33. The second-order valence-corrected chi connectivity index (χ2v) is 0.250. The predicted octanol–water partition coefficient (Wildman–Crippen LogP) is -5.37. The summed E-state index contributed by atoms with van der Waals surface area (Å²) in [7, 11) is 0. The average Bonchev–Trinajstić information content (AvgIpc) is 0.811. The van der Waals surface area contributed by atoms with Crippen molar-refractivity contribution in [1.29, 1.82) is 0 Å². The van der Waals surface area contributed by atoms with E-state index < -0.39 is 6.16 Å². The first kappa shape index (κ1) is 94.1. The number of carbonyl (C=O) groups excluding carboxylic acids is 1. The Morgan fingerprint density at radius 2 is 0.889 bits per heavy atom. The van der Waals surface area contributed by atoms with Gasteiger partial charge in [0.2, 0.25) is 0 Å². The summed E-state index contributed by atoms with van der Waals surface area (Å²) in [5.41, 5.74) is 0. The molecule has 0 aliphatic carbocycles. The van der Waals surface area contributed by atoms with Crippen molar-refractivity contribution in [2.45, 2.75) is 0 Å². The average molecular weight is 150 g/mol. The highest BCUT2D eigenvalue weighted by Gasteiger charge is 1.26. The molecule has 0 aromatic heterocycles. The molecule has 64 valence electrons. The molecule has 0 aliphatic rings. The van der Waals surface area contributed by atoms with E-state index in [-0.39, 0.29) is 28.1 Å². The van der Waals surface area contributed by atoms with Crippen LogP contribution in [-0.2, 0) is 0 Å². The molecule has 0 unspecified atom stereocenters. The number of carboxylic acid groups (broad SMARTS) is 2. The fourth-order valence-electron chi connectivity index (χ4n) is 0. The molecule has 12 N–H and O–H groups in total. The van der Waals surface area contributed by atoms with Crippen LogP contribution in [0.3, 0.4) is 0 Å². The van der Waals surface area contributed by atoms with Gasteiger partial charge in [0.15, 0.2) is 0 Å². The molecule has 0 rings (SSSR count). The summed E-state index contributed by atoms with van der Waals surface area (Å²) in [6, 6.07) is 0. The maximum atomic E-state index is 8.33. The van der Waals surface area contributed by atoms with E-state index in [2.05, 4.69) is 0 Å². The van der Waals surface area contributed by atoms with Gasteiger partial charge in [-0.2, -0.15) is 0 Å². The second-order valence-electron chi connectivity index (χ2n) is 0.250. The normalized spacial score (nSPS) is 2.67. The molecular weight excluding hydrogens is 138 g/mol. The maximum Gasteiger partial charge on any atom is -0.0431 e. The van der Waals surface area contributed by atoms with E-state index >= 15 is 0 Å². The summed E-state index contributed by atoms with van der Waals surface area (Å²) in [5, 5.41) is 16.7. The van der Waals surface area contributed by atoms with Gasteiger partial charge in [-0.05, 0) is 6.16 Å². The lowest BCUT2D eigenvalue weighted by molar-refractivity contribution is -0.415. The minimum Gasteiger partial charge on any atom is -0.652 e. The summed E-state index contributed by atoms with van der Waals surface area (Å²) in [6.45, 7) is 0. The Kier molecular flexibility index (Phi) is 636. The predicted molar refractivity (Wildman–Crippen MR) is 25.8 cm³/mol. The zero-order valence-corrected chi connectivity index (χ0v) is 4.72. The van der Waals surface area contributed by atoms with Gasteiger partial charge in [-0.3, -0.25) is 0 Å². The molecule has 0 saturated carbocycles. The second kappa shape index (κ2) is 60.8. The Balaban J connectivity index is -0.00000000450. The highest BCUT2D eigenvalue weighted by molar-refractivity contribution is 5.47. The van der Waals surface area contributed by atoms with Gasteiger partial charge in [-0.25, -0.2) is 0 Å². The van der Waals surface area contributed by atoms with Crippen LogP contribution in [0.25, 0.3) is 0 Å². The fraction of sp³-hybridized carbons (Fsp3) is 0. The van der Waals surface area contributed by atoms with Gasteiger partial charge < -0.3 is 43.1 Å². The summed E-state index contributed by atoms with van der Waals surface area (Å²) in [4.78, 5) is 8.33. The van der Waals surface area contributed by atoms with Gasteiger partial charge in [0.25, 0.3) is 0 Å². The van der Waals surface area contributed by atoms with Crippen molar-refractivity contribution < 1.29 is 36.9 Å². The Morgan fingerprint density at radius 3 is 0.889 bits per heavy atom. The number of quaternary nitrogens is 1. The third-order valence-corrected chi connectivity index (χ3v) is 0. The van der Waals surface area contributed by atoms with Gasteiger partial charge in [0.05, 0.1) is 0 Å². The Labute approximate surface area is 50.5 Å². The molecule has 0 heterocycles. The molecule has 0 amide bonds. The van der Waals surface area contributed by atoms with Crippen LogP contribution in [-0.4, -0.2) is 28.1 Å². The molecule has 0 aromatic carbocycles. The smallest absolute Gasteiger partial charge is 0.0431 e. The largest absolute Gasteiger partial charge is 0.652 e. The van der Waals surface area contributed by atoms with E-state index in [1.54, 1.807) is 0 Å². The van der Waals surface area contributed by atoms with Gasteiger partial charge >= 0.3 is 0 Å². The van der Waals surface area contributed by atoms with E-state index in [9.17, 15) is 0 Å². The first-order chi connectivity index (χ1) is 1.73. The first-order valence-electron chi connectivity index (χ1n) is 0.612. The van der Waals surface area contributed by atoms with Gasteiger partial charge in [-0.15, -0.1) is 0 Å². The number of rotatable bonds is 0. The van der Waals surface area contributed by atoms with Crippen molar-refractivity contribution in [3.63, 3.8) is 0 Å². The van der Waals surface area contributed by atoms with Crippen molar-refractivity contribution in [1.82, 2.24) is 6.15 Å². The highest BCUT2D eigenvalue weighted by atomic mass is 16.6. The lowest BCUT2D eigenvalue weighted by Gasteiger charge is -1.96. The van der Waals surface area contributed by atoms with Crippen LogP contribution in [0.1, 0.15) is 0 Å².